The van der Waals surface area contributed by atoms with Crippen LogP contribution in [0.4, 0.5) is 11.6 Å². The molecule has 1 aromatic heterocycles. The zero-order valence-electron chi connectivity index (χ0n) is 11.7. The maximum atomic E-state index is 4.27. The molecule has 0 saturated heterocycles. The van der Waals surface area contributed by atoms with Crippen molar-refractivity contribution in [3.05, 3.63) is 47.3 Å². The standard InChI is InChI=1S/C15H20N4/c1-4-12-5-7-13(8-6-12)9-17-15-11(2)14(16-3)18-10-19-15/h5-8,10H,4,9H2,1-3H3,(H2,16,17,18,19). The second-order valence-electron chi connectivity index (χ2n) is 4.47. The SMILES string of the molecule is CCc1ccc(CNc2ncnc(NC)c2C)cc1. The maximum Gasteiger partial charge on any atom is 0.134 e. The molecule has 0 spiro atoms. The quantitative estimate of drug-likeness (QED) is 0.863. The molecule has 1 heterocycles. The minimum absolute atomic E-state index is 0.769. The smallest absolute Gasteiger partial charge is 0.134 e. The van der Waals surface area contributed by atoms with Crippen molar-refractivity contribution in [2.45, 2.75) is 26.8 Å². The summed E-state index contributed by atoms with van der Waals surface area (Å²) in [6, 6.07) is 8.65. The Morgan fingerprint density at radius 3 is 2.26 bits per heavy atom. The first-order chi connectivity index (χ1) is 9.24. The van der Waals surface area contributed by atoms with Crippen molar-refractivity contribution in [2.24, 2.45) is 0 Å². The number of hydrogen-bond donors (Lipinski definition) is 2. The van der Waals surface area contributed by atoms with Gasteiger partial charge < -0.3 is 10.6 Å². The third kappa shape index (κ3) is 3.22. The van der Waals surface area contributed by atoms with Crippen LogP contribution in [-0.4, -0.2) is 17.0 Å². The number of nitrogens with zero attached hydrogens (tertiary/aromatic N) is 2. The fourth-order valence-electron chi connectivity index (χ4n) is 1.96. The molecule has 0 bridgehead atoms. The third-order valence-electron chi connectivity index (χ3n) is 3.21. The number of aryl methyl sites for hydroxylation is 1. The minimum atomic E-state index is 0.769. The molecule has 100 valence electrons. The van der Waals surface area contributed by atoms with E-state index in [0.29, 0.717) is 0 Å². The van der Waals surface area contributed by atoms with Crippen LogP contribution < -0.4 is 10.6 Å². The van der Waals surface area contributed by atoms with Crippen LogP contribution in [-0.2, 0) is 13.0 Å². The van der Waals surface area contributed by atoms with Gasteiger partial charge in [0.15, 0.2) is 0 Å². The lowest BCUT2D eigenvalue weighted by molar-refractivity contribution is 1.05. The molecule has 19 heavy (non-hydrogen) atoms. The Bertz CT molecular complexity index is 534. The molecular formula is C15H20N4. The summed E-state index contributed by atoms with van der Waals surface area (Å²) in [7, 11) is 1.86. The van der Waals surface area contributed by atoms with Crippen LogP contribution in [0.15, 0.2) is 30.6 Å². The van der Waals surface area contributed by atoms with Crippen molar-refractivity contribution in [2.75, 3.05) is 17.7 Å². The number of anilines is 2. The maximum absolute atomic E-state index is 4.27. The van der Waals surface area contributed by atoms with E-state index in [-0.39, 0.29) is 0 Å². The van der Waals surface area contributed by atoms with Crippen LogP contribution in [0.3, 0.4) is 0 Å². The topological polar surface area (TPSA) is 49.8 Å². The molecule has 0 unspecified atom stereocenters. The summed E-state index contributed by atoms with van der Waals surface area (Å²) in [5.41, 5.74) is 3.65. The Kier molecular flexibility index (Phi) is 4.34. The van der Waals surface area contributed by atoms with Gasteiger partial charge in [0.2, 0.25) is 0 Å². The van der Waals surface area contributed by atoms with E-state index in [9.17, 15) is 0 Å². The van der Waals surface area contributed by atoms with E-state index in [0.717, 1.165) is 30.2 Å². The molecule has 0 saturated carbocycles. The van der Waals surface area contributed by atoms with Crippen molar-refractivity contribution >= 4 is 11.6 Å². The van der Waals surface area contributed by atoms with Gasteiger partial charge in [-0.3, -0.25) is 0 Å². The molecule has 0 atom stereocenters. The van der Waals surface area contributed by atoms with Crippen LogP contribution in [0.1, 0.15) is 23.6 Å². The van der Waals surface area contributed by atoms with Crippen LogP contribution in [0.2, 0.25) is 0 Å². The largest absolute Gasteiger partial charge is 0.373 e. The van der Waals surface area contributed by atoms with Gasteiger partial charge >= 0.3 is 0 Å². The molecule has 0 radical (unpaired) electrons. The summed E-state index contributed by atoms with van der Waals surface area (Å²) < 4.78 is 0. The third-order valence-corrected chi connectivity index (χ3v) is 3.21. The van der Waals surface area contributed by atoms with Gasteiger partial charge in [0.05, 0.1) is 0 Å². The zero-order valence-corrected chi connectivity index (χ0v) is 11.7. The van der Waals surface area contributed by atoms with Crippen LogP contribution >= 0.6 is 0 Å². The Morgan fingerprint density at radius 2 is 1.63 bits per heavy atom. The predicted octanol–water partition coefficient (Wildman–Crippen LogP) is 3.00. The lowest BCUT2D eigenvalue weighted by Gasteiger charge is -2.11. The normalized spacial score (nSPS) is 10.3. The number of benzene rings is 1. The highest BCUT2D eigenvalue weighted by Crippen LogP contribution is 2.18. The molecule has 4 nitrogen and oxygen atoms in total. The molecule has 0 aliphatic rings. The average Bonchev–Trinajstić information content (AvgIpc) is 2.47. The van der Waals surface area contributed by atoms with Gasteiger partial charge in [0.1, 0.15) is 18.0 Å². The molecule has 0 fully saturated rings. The van der Waals surface area contributed by atoms with E-state index in [1.807, 2.05) is 14.0 Å². The minimum Gasteiger partial charge on any atom is -0.373 e. The molecule has 2 rings (SSSR count). The van der Waals surface area contributed by atoms with Gasteiger partial charge in [0, 0.05) is 19.2 Å². The fraction of sp³-hybridized carbons (Fsp3) is 0.333. The highest BCUT2D eigenvalue weighted by Gasteiger charge is 2.04. The number of nitrogens with one attached hydrogen (secondary N) is 2. The van der Waals surface area contributed by atoms with E-state index >= 15 is 0 Å². The molecule has 2 aromatic rings. The van der Waals surface area contributed by atoms with Gasteiger partial charge in [-0.15, -0.1) is 0 Å². The average molecular weight is 256 g/mol. The second kappa shape index (κ2) is 6.18. The number of aromatic nitrogens is 2. The van der Waals surface area contributed by atoms with Crippen molar-refractivity contribution in [3.63, 3.8) is 0 Å². The summed E-state index contributed by atoms with van der Waals surface area (Å²) in [5, 5.41) is 6.41. The highest BCUT2D eigenvalue weighted by molar-refractivity contribution is 5.56. The Labute approximate surface area is 114 Å². The van der Waals surface area contributed by atoms with E-state index in [2.05, 4.69) is 51.8 Å². The lowest BCUT2D eigenvalue weighted by Crippen LogP contribution is -2.06. The molecule has 1 aromatic carbocycles. The molecule has 0 aliphatic heterocycles. The van der Waals surface area contributed by atoms with E-state index in [1.165, 1.54) is 11.1 Å². The Hall–Kier alpha value is -2.10. The monoisotopic (exact) mass is 256 g/mol. The van der Waals surface area contributed by atoms with E-state index in [4.69, 9.17) is 0 Å². The Morgan fingerprint density at radius 1 is 1.00 bits per heavy atom. The van der Waals surface area contributed by atoms with Crippen LogP contribution in [0.5, 0.6) is 0 Å². The van der Waals surface area contributed by atoms with Crippen molar-refractivity contribution < 1.29 is 0 Å². The lowest BCUT2D eigenvalue weighted by atomic mass is 10.1. The van der Waals surface area contributed by atoms with Crippen molar-refractivity contribution in [1.82, 2.24) is 9.97 Å². The summed E-state index contributed by atoms with van der Waals surface area (Å²) in [6.07, 6.45) is 2.64. The predicted molar refractivity (Wildman–Crippen MR) is 79.5 cm³/mol. The van der Waals surface area contributed by atoms with Gasteiger partial charge in [-0.05, 0) is 24.5 Å². The fourth-order valence-corrected chi connectivity index (χ4v) is 1.96. The van der Waals surface area contributed by atoms with Crippen LogP contribution in [0, 0.1) is 6.92 Å². The number of rotatable bonds is 5. The Balaban J connectivity index is 2.05. The second-order valence-corrected chi connectivity index (χ2v) is 4.47. The van der Waals surface area contributed by atoms with Crippen LogP contribution in [0.25, 0.3) is 0 Å². The van der Waals surface area contributed by atoms with Crippen molar-refractivity contribution in [1.29, 1.82) is 0 Å². The van der Waals surface area contributed by atoms with Gasteiger partial charge in [-0.1, -0.05) is 31.2 Å². The molecule has 2 N–H and O–H groups in total. The van der Waals surface area contributed by atoms with Crippen molar-refractivity contribution in [3.8, 4) is 0 Å². The molecule has 0 amide bonds. The zero-order chi connectivity index (χ0) is 13.7. The first-order valence-electron chi connectivity index (χ1n) is 6.55. The number of hydrogen-bond acceptors (Lipinski definition) is 4. The molecule has 0 aliphatic carbocycles. The highest BCUT2D eigenvalue weighted by atomic mass is 15.1. The van der Waals surface area contributed by atoms with Gasteiger partial charge in [0.25, 0.3) is 0 Å². The summed E-state index contributed by atoms with van der Waals surface area (Å²) in [6.45, 7) is 4.94. The summed E-state index contributed by atoms with van der Waals surface area (Å²) >= 11 is 0. The van der Waals surface area contributed by atoms with Gasteiger partial charge in [-0.25, -0.2) is 9.97 Å². The van der Waals surface area contributed by atoms with E-state index < -0.39 is 0 Å². The summed E-state index contributed by atoms with van der Waals surface area (Å²) in [4.78, 5) is 8.45. The van der Waals surface area contributed by atoms with E-state index in [1.54, 1.807) is 6.33 Å². The first-order valence-corrected chi connectivity index (χ1v) is 6.55. The van der Waals surface area contributed by atoms with Gasteiger partial charge in [-0.2, -0.15) is 0 Å². The molecular weight excluding hydrogens is 236 g/mol. The first kappa shape index (κ1) is 13.3. The summed E-state index contributed by atoms with van der Waals surface area (Å²) in [5.74, 6) is 1.73. The molecule has 4 heteroatoms.